The van der Waals surface area contributed by atoms with Gasteiger partial charge in [0.25, 0.3) is 5.91 Å². The van der Waals surface area contributed by atoms with Gasteiger partial charge in [-0.2, -0.15) is 0 Å². The molecule has 1 amide bonds. The number of carbonyl (C=O) groups excluding carboxylic acids is 1. The number of fused-ring (bicyclic) bond motifs is 4. The van der Waals surface area contributed by atoms with Crippen LogP contribution in [-0.4, -0.2) is 37.1 Å². The summed E-state index contributed by atoms with van der Waals surface area (Å²) in [4.78, 5) is 23.6. The van der Waals surface area contributed by atoms with Gasteiger partial charge in [-0.1, -0.05) is 18.2 Å². The second-order valence-electron chi connectivity index (χ2n) is 9.73. The SMILES string of the molecule is COc1cnc(/C=C2/Cc3c(cnc4cc(OC)c(-c5ccc6c(c5)NC(C)=CC6)cc34)N(C)C2=O)c(F)c1. The zero-order valence-corrected chi connectivity index (χ0v) is 22.1. The Labute approximate surface area is 225 Å². The molecule has 0 saturated heterocycles. The van der Waals surface area contributed by atoms with Crippen LogP contribution in [0.1, 0.15) is 23.7 Å². The van der Waals surface area contributed by atoms with Gasteiger partial charge in [-0.3, -0.25) is 9.78 Å². The van der Waals surface area contributed by atoms with Crippen LogP contribution in [0.5, 0.6) is 11.5 Å². The summed E-state index contributed by atoms with van der Waals surface area (Å²) in [5, 5.41) is 4.36. The molecule has 0 radical (unpaired) electrons. The zero-order chi connectivity index (χ0) is 27.3. The van der Waals surface area contributed by atoms with Gasteiger partial charge in [0.2, 0.25) is 0 Å². The normalized spacial score (nSPS) is 15.5. The number of aromatic nitrogens is 2. The van der Waals surface area contributed by atoms with E-state index in [1.165, 1.54) is 31.0 Å². The van der Waals surface area contributed by atoms with E-state index in [0.717, 1.165) is 51.1 Å². The first-order valence-electron chi connectivity index (χ1n) is 12.6. The van der Waals surface area contributed by atoms with E-state index in [4.69, 9.17) is 9.47 Å². The molecule has 1 N–H and O–H groups in total. The van der Waals surface area contributed by atoms with Gasteiger partial charge in [-0.05, 0) is 48.2 Å². The standard InChI is InChI=1S/C31H27FN4O3/c1-17-5-6-18-7-8-19(10-26(18)35-17)22-13-23-24-9-20(11-28-25(32)12-21(38-3)15-33-28)31(37)36(2)29(24)16-34-27(23)14-30(22)39-4/h5,7-8,10-16,35H,6,9H2,1-4H3/b20-11-. The van der Waals surface area contributed by atoms with E-state index in [-0.39, 0.29) is 11.6 Å². The maximum atomic E-state index is 14.7. The Morgan fingerprint density at radius 2 is 1.92 bits per heavy atom. The highest BCUT2D eigenvalue weighted by atomic mass is 19.1. The lowest BCUT2D eigenvalue weighted by Gasteiger charge is -2.28. The Hall–Kier alpha value is -4.72. The fourth-order valence-corrected chi connectivity index (χ4v) is 5.22. The number of hydrogen-bond donors (Lipinski definition) is 1. The number of pyridine rings is 2. The number of benzene rings is 2. The lowest BCUT2D eigenvalue weighted by molar-refractivity contribution is -0.115. The van der Waals surface area contributed by atoms with Crippen molar-refractivity contribution >= 4 is 34.3 Å². The number of halogens is 1. The number of likely N-dealkylation sites (N-methyl/N-ethyl adjacent to an activating group) is 1. The van der Waals surface area contributed by atoms with E-state index in [1.54, 1.807) is 25.3 Å². The van der Waals surface area contributed by atoms with Crippen molar-refractivity contribution in [3.05, 3.63) is 88.8 Å². The minimum Gasteiger partial charge on any atom is -0.496 e. The fraction of sp³-hybridized carbons (Fsp3) is 0.194. The first kappa shape index (κ1) is 24.6. The number of nitrogens with zero attached hydrogens (tertiary/aromatic N) is 3. The number of hydrogen-bond acceptors (Lipinski definition) is 6. The van der Waals surface area contributed by atoms with Crippen LogP contribution in [-0.2, 0) is 17.6 Å². The Morgan fingerprint density at radius 3 is 2.69 bits per heavy atom. The van der Waals surface area contributed by atoms with Crippen molar-refractivity contribution < 1.29 is 18.7 Å². The first-order chi connectivity index (χ1) is 18.9. The third-order valence-electron chi connectivity index (χ3n) is 7.36. The van der Waals surface area contributed by atoms with E-state index < -0.39 is 5.82 Å². The van der Waals surface area contributed by atoms with Gasteiger partial charge in [0, 0.05) is 53.5 Å². The van der Waals surface area contributed by atoms with Gasteiger partial charge in [0.1, 0.15) is 11.5 Å². The van der Waals surface area contributed by atoms with E-state index in [9.17, 15) is 9.18 Å². The molecule has 0 saturated carbocycles. The molecule has 0 bridgehead atoms. The highest BCUT2D eigenvalue weighted by Crippen LogP contribution is 2.41. The summed E-state index contributed by atoms with van der Waals surface area (Å²) in [5.41, 5.74) is 8.29. The van der Waals surface area contributed by atoms with Crippen molar-refractivity contribution in [3.8, 4) is 22.6 Å². The molecule has 8 heteroatoms. The maximum absolute atomic E-state index is 14.7. The average molecular weight is 523 g/mol. The molecule has 0 atom stereocenters. The fourth-order valence-electron chi connectivity index (χ4n) is 5.22. The number of rotatable bonds is 4. The molecule has 2 aliphatic rings. The van der Waals surface area contributed by atoms with Crippen LogP contribution in [0.4, 0.5) is 15.8 Å². The Balaban J connectivity index is 1.48. The van der Waals surface area contributed by atoms with Crippen molar-refractivity contribution in [3.63, 3.8) is 0 Å². The van der Waals surface area contributed by atoms with Crippen LogP contribution in [0.15, 0.2) is 66.1 Å². The molecular formula is C31H27FN4O3. The van der Waals surface area contributed by atoms with E-state index >= 15 is 0 Å². The minimum atomic E-state index is -0.555. The van der Waals surface area contributed by atoms with Crippen LogP contribution in [0, 0.1) is 5.82 Å². The van der Waals surface area contributed by atoms with Gasteiger partial charge in [0.05, 0.1) is 43.5 Å². The average Bonchev–Trinajstić information content (AvgIpc) is 2.95. The number of carbonyl (C=O) groups is 1. The molecule has 2 aliphatic heterocycles. The number of nitrogens with one attached hydrogen (secondary N) is 1. The molecule has 4 aromatic rings. The molecular weight excluding hydrogens is 495 g/mol. The van der Waals surface area contributed by atoms with Crippen LogP contribution in [0.25, 0.3) is 28.1 Å². The van der Waals surface area contributed by atoms with Gasteiger partial charge in [-0.25, -0.2) is 9.37 Å². The molecule has 2 aromatic heterocycles. The second-order valence-corrected chi connectivity index (χ2v) is 9.73. The zero-order valence-electron chi connectivity index (χ0n) is 22.1. The lowest BCUT2D eigenvalue weighted by Crippen LogP contribution is -2.33. The third-order valence-corrected chi connectivity index (χ3v) is 7.36. The maximum Gasteiger partial charge on any atom is 0.254 e. The monoisotopic (exact) mass is 522 g/mol. The van der Waals surface area contributed by atoms with Gasteiger partial charge in [-0.15, -0.1) is 0 Å². The summed E-state index contributed by atoms with van der Waals surface area (Å²) in [7, 11) is 4.80. The smallest absolute Gasteiger partial charge is 0.254 e. The molecule has 0 unspecified atom stereocenters. The number of anilines is 2. The molecule has 2 aromatic carbocycles. The predicted octanol–water partition coefficient (Wildman–Crippen LogP) is 5.93. The first-order valence-corrected chi connectivity index (χ1v) is 12.6. The Bertz CT molecular complexity index is 1730. The second kappa shape index (κ2) is 9.54. The van der Waals surface area contributed by atoms with Crippen molar-refractivity contribution in [2.24, 2.45) is 0 Å². The molecule has 7 nitrogen and oxygen atoms in total. The predicted molar refractivity (Wildman–Crippen MR) is 151 cm³/mol. The Kier molecular flexibility index (Phi) is 6.02. The van der Waals surface area contributed by atoms with Crippen molar-refractivity contribution in [1.82, 2.24) is 9.97 Å². The number of allylic oxidation sites excluding steroid dienone is 2. The highest BCUT2D eigenvalue weighted by Gasteiger charge is 2.28. The molecule has 0 spiro atoms. The molecule has 196 valence electrons. The molecule has 0 fully saturated rings. The summed E-state index contributed by atoms with van der Waals surface area (Å²) in [5.74, 6) is 0.243. The van der Waals surface area contributed by atoms with Gasteiger partial charge < -0.3 is 19.7 Å². The van der Waals surface area contributed by atoms with E-state index in [2.05, 4.69) is 52.5 Å². The summed E-state index contributed by atoms with van der Waals surface area (Å²) >= 11 is 0. The highest BCUT2D eigenvalue weighted by molar-refractivity contribution is 6.12. The quantitative estimate of drug-likeness (QED) is 0.335. The lowest BCUT2D eigenvalue weighted by atomic mass is 9.91. The minimum absolute atomic E-state index is 0.0858. The number of methoxy groups -OCH3 is 2. The summed E-state index contributed by atoms with van der Waals surface area (Å²) in [6, 6.07) is 11.6. The third kappa shape index (κ3) is 4.27. The molecule has 4 heterocycles. The van der Waals surface area contributed by atoms with Crippen LogP contribution >= 0.6 is 0 Å². The number of amides is 1. The van der Waals surface area contributed by atoms with Crippen molar-refractivity contribution in [1.29, 1.82) is 0 Å². The van der Waals surface area contributed by atoms with Crippen LogP contribution in [0.3, 0.4) is 0 Å². The topological polar surface area (TPSA) is 76.6 Å². The Morgan fingerprint density at radius 1 is 1.08 bits per heavy atom. The van der Waals surface area contributed by atoms with Crippen LogP contribution < -0.4 is 19.7 Å². The summed E-state index contributed by atoms with van der Waals surface area (Å²) in [6.07, 6.45) is 8.02. The van der Waals surface area contributed by atoms with Gasteiger partial charge in [0.15, 0.2) is 5.82 Å². The largest absolute Gasteiger partial charge is 0.496 e. The van der Waals surface area contributed by atoms with Crippen molar-refractivity contribution in [2.45, 2.75) is 19.8 Å². The van der Waals surface area contributed by atoms with Crippen molar-refractivity contribution in [2.75, 3.05) is 31.5 Å². The van der Waals surface area contributed by atoms with E-state index in [0.29, 0.717) is 23.5 Å². The summed E-state index contributed by atoms with van der Waals surface area (Å²) in [6.45, 7) is 2.06. The number of ether oxygens (including phenoxy) is 2. The molecule has 6 rings (SSSR count). The molecule has 0 aliphatic carbocycles. The van der Waals surface area contributed by atoms with Gasteiger partial charge >= 0.3 is 0 Å². The van der Waals surface area contributed by atoms with Crippen LogP contribution in [0.2, 0.25) is 0 Å². The molecule has 39 heavy (non-hydrogen) atoms. The summed E-state index contributed by atoms with van der Waals surface area (Å²) < 4.78 is 25.5. The van der Waals surface area contributed by atoms with E-state index in [1.807, 2.05) is 6.07 Å².